The fourth-order valence-corrected chi connectivity index (χ4v) is 2.68. The van der Waals surface area contributed by atoms with Crippen LogP contribution in [0.2, 0.25) is 0 Å². The van der Waals surface area contributed by atoms with Crippen LogP contribution in [0.3, 0.4) is 0 Å². The van der Waals surface area contributed by atoms with Gasteiger partial charge in [0.1, 0.15) is 0 Å². The molecule has 0 bridgehead atoms. The zero-order chi connectivity index (χ0) is 16.1. The molecular formula is C19H20N2O2. The first kappa shape index (κ1) is 15.3. The second-order valence-corrected chi connectivity index (χ2v) is 5.63. The summed E-state index contributed by atoms with van der Waals surface area (Å²) in [7, 11) is 0. The van der Waals surface area contributed by atoms with Crippen LogP contribution in [0.15, 0.2) is 65.8 Å². The molecule has 0 N–H and O–H groups in total. The van der Waals surface area contributed by atoms with Crippen molar-refractivity contribution < 1.29 is 9.53 Å². The third kappa shape index (κ3) is 3.77. The molecule has 0 saturated carbocycles. The summed E-state index contributed by atoms with van der Waals surface area (Å²) in [5.41, 5.74) is 2.97. The number of anilines is 1. The van der Waals surface area contributed by atoms with Gasteiger partial charge in [-0.2, -0.15) is 5.10 Å². The Morgan fingerprint density at radius 2 is 1.78 bits per heavy atom. The van der Waals surface area contributed by atoms with Crippen molar-refractivity contribution in [2.24, 2.45) is 11.0 Å². The highest BCUT2D eigenvalue weighted by atomic mass is 16.5. The molecular weight excluding hydrogens is 288 g/mol. The van der Waals surface area contributed by atoms with Crippen LogP contribution in [0, 0.1) is 5.92 Å². The van der Waals surface area contributed by atoms with Crippen LogP contribution < -0.4 is 5.01 Å². The number of hydrogen-bond donors (Lipinski definition) is 0. The SMILES string of the molecule is CC(=NN(Cc1ccccc1)c1ccccc1)C1CCOC1=O. The number of rotatable bonds is 5. The Morgan fingerprint density at radius 3 is 2.39 bits per heavy atom. The maximum atomic E-state index is 11.8. The number of hydrazone groups is 1. The van der Waals surface area contributed by atoms with Gasteiger partial charge in [-0.25, -0.2) is 0 Å². The van der Waals surface area contributed by atoms with E-state index >= 15 is 0 Å². The molecule has 0 aliphatic carbocycles. The van der Waals surface area contributed by atoms with Crippen LogP contribution in [0.4, 0.5) is 5.69 Å². The Labute approximate surface area is 136 Å². The average Bonchev–Trinajstić information content (AvgIpc) is 3.02. The van der Waals surface area contributed by atoms with Gasteiger partial charge in [0, 0.05) is 12.1 Å². The zero-order valence-corrected chi connectivity index (χ0v) is 13.2. The average molecular weight is 308 g/mol. The molecule has 1 atom stereocenters. The first-order chi connectivity index (χ1) is 11.2. The van der Waals surface area contributed by atoms with Crippen molar-refractivity contribution in [2.75, 3.05) is 11.6 Å². The van der Waals surface area contributed by atoms with Gasteiger partial charge < -0.3 is 4.74 Å². The molecule has 0 radical (unpaired) electrons. The molecule has 3 rings (SSSR count). The molecule has 1 unspecified atom stereocenters. The highest BCUT2D eigenvalue weighted by Crippen LogP contribution is 2.21. The summed E-state index contributed by atoms with van der Waals surface area (Å²) in [5, 5.41) is 6.66. The second-order valence-electron chi connectivity index (χ2n) is 5.63. The van der Waals surface area contributed by atoms with E-state index in [1.54, 1.807) is 0 Å². The predicted molar refractivity (Wildman–Crippen MR) is 91.2 cm³/mol. The number of esters is 1. The van der Waals surface area contributed by atoms with E-state index in [0.29, 0.717) is 19.6 Å². The summed E-state index contributed by atoms with van der Waals surface area (Å²) >= 11 is 0. The number of cyclic esters (lactones) is 1. The molecule has 1 saturated heterocycles. The zero-order valence-electron chi connectivity index (χ0n) is 13.2. The van der Waals surface area contributed by atoms with Crippen molar-refractivity contribution >= 4 is 17.4 Å². The molecule has 0 spiro atoms. The molecule has 1 aliphatic heterocycles. The number of carbonyl (C=O) groups is 1. The Kier molecular flexibility index (Phi) is 4.71. The number of nitrogens with zero attached hydrogens (tertiary/aromatic N) is 2. The van der Waals surface area contributed by atoms with E-state index in [1.807, 2.05) is 60.5 Å². The van der Waals surface area contributed by atoms with E-state index in [1.165, 1.54) is 5.56 Å². The third-order valence-corrected chi connectivity index (χ3v) is 3.95. The van der Waals surface area contributed by atoms with Crippen LogP contribution in [-0.4, -0.2) is 18.3 Å². The second kappa shape index (κ2) is 7.09. The molecule has 0 amide bonds. The summed E-state index contributed by atoms with van der Waals surface area (Å²) in [6, 6.07) is 20.2. The minimum Gasteiger partial charge on any atom is -0.465 e. The molecule has 1 aliphatic rings. The molecule has 0 aromatic heterocycles. The molecule has 1 heterocycles. The van der Waals surface area contributed by atoms with E-state index in [2.05, 4.69) is 12.1 Å². The van der Waals surface area contributed by atoms with Crippen molar-refractivity contribution in [3.63, 3.8) is 0 Å². The molecule has 1 fully saturated rings. The van der Waals surface area contributed by atoms with Crippen LogP contribution >= 0.6 is 0 Å². The number of ether oxygens (including phenoxy) is 1. The van der Waals surface area contributed by atoms with Crippen LogP contribution in [0.5, 0.6) is 0 Å². The number of para-hydroxylation sites is 1. The predicted octanol–water partition coefficient (Wildman–Crippen LogP) is 3.63. The van der Waals surface area contributed by atoms with Crippen molar-refractivity contribution in [3.8, 4) is 0 Å². The minimum atomic E-state index is -0.225. The van der Waals surface area contributed by atoms with Crippen LogP contribution in [-0.2, 0) is 16.1 Å². The van der Waals surface area contributed by atoms with E-state index in [4.69, 9.17) is 9.84 Å². The highest BCUT2D eigenvalue weighted by Gasteiger charge is 2.29. The first-order valence-electron chi connectivity index (χ1n) is 7.82. The lowest BCUT2D eigenvalue weighted by Gasteiger charge is -2.21. The molecule has 2 aromatic carbocycles. The topological polar surface area (TPSA) is 41.9 Å². The van der Waals surface area contributed by atoms with E-state index in [9.17, 15) is 4.79 Å². The lowest BCUT2D eigenvalue weighted by Crippen LogP contribution is -2.23. The highest BCUT2D eigenvalue weighted by molar-refractivity contribution is 6.02. The van der Waals surface area contributed by atoms with Crippen molar-refractivity contribution in [1.29, 1.82) is 0 Å². The molecule has 23 heavy (non-hydrogen) atoms. The summed E-state index contributed by atoms with van der Waals surface area (Å²) in [6.45, 7) is 3.04. The van der Waals surface area contributed by atoms with Crippen LogP contribution in [0.1, 0.15) is 18.9 Å². The lowest BCUT2D eigenvalue weighted by atomic mass is 10.0. The first-order valence-corrected chi connectivity index (χ1v) is 7.82. The monoisotopic (exact) mass is 308 g/mol. The van der Waals surface area contributed by atoms with Gasteiger partial charge in [-0.15, -0.1) is 0 Å². The van der Waals surface area contributed by atoms with Gasteiger partial charge in [0.25, 0.3) is 0 Å². The van der Waals surface area contributed by atoms with E-state index in [-0.39, 0.29) is 11.9 Å². The van der Waals surface area contributed by atoms with E-state index < -0.39 is 0 Å². The maximum absolute atomic E-state index is 11.8. The van der Waals surface area contributed by atoms with Gasteiger partial charge >= 0.3 is 5.97 Å². The largest absolute Gasteiger partial charge is 0.465 e. The summed E-state index contributed by atoms with van der Waals surface area (Å²) < 4.78 is 5.05. The van der Waals surface area contributed by atoms with Crippen LogP contribution in [0.25, 0.3) is 0 Å². The molecule has 4 heteroatoms. The quantitative estimate of drug-likeness (QED) is 0.481. The smallest absolute Gasteiger partial charge is 0.314 e. The minimum absolute atomic E-state index is 0.168. The van der Waals surface area contributed by atoms with Crippen molar-refractivity contribution in [2.45, 2.75) is 19.9 Å². The Morgan fingerprint density at radius 1 is 1.13 bits per heavy atom. The number of hydrogen-bond acceptors (Lipinski definition) is 4. The fraction of sp³-hybridized carbons (Fsp3) is 0.263. The van der Waals surface area contributed by atoms with Gasteiger partial charge in [-0.3, -0.25) is 9.80 Å². The lowest BCUT2D eigenvalue weighted by molar-refractivity contribution is -0.139. The maximum Gasteiger partial charge on any atom is 0.314 e. The molecule has 118 valence electrons. The van der Waals surface area contributed by atoms with Gasteiger partial charge in [-0.05, 0) is 24.6 Å². The summed E-state index contributed by atoms with van der Waals surface area (Å²) in [5.74, 6) is -0.393. The van der Waals surface area contributed by atoms with Gasteiger partial charge in [0.15, 0.2) is 0 Å². The standard InChI is InChI=1S/C19H20N2O2/c1-15(18-12-13-23-19(18)22)20-21(17-10-6-3-7-11-17)14-16-8-4-2-5-9-16/h2-11,18H,12-14H2,1H3. The Hall–Kier alpha value is -2.62. The summed E-state index contributed by atoms with van der Waals surface area (Å²) in [4.78, 5) is 11.8. The third-order valence-electron chi connectivity index (χ3n) is 3.95. The van der Waals surface area contributed by atoms with E-state index in [0.717, 1.165) is 11.4 Å². The van der Waals surface area contributed by atoms with Gasteiger partial charge in [0.05, 0.1) is 24.8 Å². The normalized spacial score (nSPS) is 17.9. The van der Waals surface area contributed by atoms with Crippen molar-refractivity contribution in [1.82, 2.24) is 0 Å². The molecule has 4 nitrogen and oxygen atoms in total. The molecule has 2 aromatic rings. The Bertz CT molecular complexity index is 683. The Balaban J connectivity index is 1.87. The fourth-order valence-electron chi connectivity index (χ4n) is 2.68. The van der Waals surface area contributed by atoms with Gasteiger partial charge in [0.2, 0.25) is 0 Å². The van der Waals surface area contributed by atoms with Gasteiger partial charge in [-0.1, -0.05) is 48.5 Å². The number of benzene rings is 2. The van der Waals surface area contributed by atoms with Crippen molar-refractivity contribution in [3.05, 3.63) is 66.2 Å². The summed E-state index contributed by atoms with van der Waals surface area (Å²) in [6.07, 6.45) is 0.710. The number of carbonyl (C=O) groups excluding carboxylic acids is 1.